The number of aliphatic imine (C=N–C) groups is 1. The van der Waals surface area contributed by atoms with Gasteiger partial charge in [-0.05, 0) is 36.2 Å². The van der Waals surface area contributed by atoms with Gasteiger partial charge in [0, 0.05) is 32.7 Å². The average Bonchev–Trinajstić information content (AvgIpc) is 3.12. The Kier molecular flexibility index (Phi) is 8.38. The summed E-state index contributed by atoms with van der Waals surface area (Å²) >= 11 is 0. The van der Waals surface area contributed by atoms with Crippen LogP contribution < -0.4 is 20.7 Å². The van der Waals surface area contributed by atoms with Crippen molar-refractivity contribution in [2.75, 3.05) is 25.0 Å². The monoisotopic (exact) mass is 551 g/mol. The number of anilines is 1. The Bertz CT molecular complexity index is 982. The summed E-state index contributed by atoms with van der Waals surface area (Å²) in [6.45, 7) is 1.39. The molecule has 2 aromatic carbocycles. The minimum atomic E-state index is -3.72. The first kappa shape index (κ1) is 24.3. The van der Waals surface area contributed by atoms with Crippen molar-refractivity contribution in [1.82, 2.24) is 10.6 Å². The zero-order valence-electron chi connectivity index (χ0n) is 16.3. The molecule has 1 unspecified atom stereocenters. The van der Waals surface area contributed by atoms with E-state index in [2.05, 4.69) is 15.6 Å². The number of halogens is 3. The SMILES string of the molecule is CN=C(NCc1ccc(S(N)(=O)=O)cc1)NC1CCN(c2c(F)cccc2F)C1.I. The highest BCUT2D eigenvalue weighted by Gasteiger charge is 2.27. The van der Waals surface area contributed by atoms with Crippen LogP contribution in [0.15, 0.2) is 52.4 Å². The van der Waals surface area contributed by atoms with Gasteiger partial charge in [0.05, 0.1) is 4.90 Å². The molecule has 3 rings (SSSR count). The van der Waals surface area contributed by atoms with E-state index in [1.54, 1.807) is 24.1 Å². The molecule has 0 amide bonds. The number of para-hydroxylation sites is 1. The number of hydrogen-bond acceptors (Lipinski definition) is 4. The van der Waals surface area contributed by atoms with Crippen LogP contribution in [-0.4, -0.2) is 40.6 Å². The first-order valence-electron chi connectivity index (χ1n) is 9.06. The molecule has 0 aromatic heterocycles. The van der Waals surface area contributed by atoms with E-state index < -0.39 is 21.7 Å². The van der Waals surface area contributed by atoms with Crippen molar-refractivity contribution in [1.29, 1.82) is 0 Å². The third kappa shape index (κ3) is 6.01. The molecular formula is C19H24F2IN5O2S. The zero-order chi connectivity index (χ0) is 21.0. The lowest BCUT2D eigenvalue weighted by atomic mass is 10.2. The first-order valence-corrected chi connectivity index (χ1v) is 10.6. The highest BCUT2D eigenvalue weighted by molar-refractivity contribution is 14.0. The van der Waals surface area contributed by atoms with E-state index in [0.29, 0.717) is 32.0 Å². The van der Waals surface area contributed by atoms with E-state index in [-0.39, 0.29) is 40.6 Å². The Labute approximate surface area is 191 Å². The fourth-order valence-corrected chi connectivity index (χ4v) is 3.76. The standard InChI is InChI=1S/C19H23F2N5O2S.HI/c1-23-19(24-11-13-5-7-15(8-6-13)29(22,27)28)25-14-9-10-26(12-14)18-16(20)3-2-4-17(18)21;/h2-8,14H,9-12H2,1H3,(H2,22,27,28)(H2,23,24,25);1H. The topological polar surface area (TPSA) is 99.8 Å². The molecule has 30 heavy (non-hydrogen) atoms. The number of benzene rings is 2. The van der Waals surface area contributed by atoms with E-state index in [4.69, 9.17) is 5.14 Å². The molecular weight excluding hydrogens is 527 g/mol. The normalized spacial score (nSPS) is 16.9. The van der Waals surface area contributed by atoms with Crippen LogP contribution in [0.5, 0.6) is 0 Å². The fraction of sp³-hybridized carbons (Fsp3) is 0.316. The van der Waals surface area contributed by atoms with Crippen LogP contribution in [0.2, 0.25) is 0 Å². The summed E-state index contributed by atoms with van der Waals surface area (Å²) in [6.07, 6.45) is 0.706. The minimum Gasteiger partial charge on any atom is -0.365 e. The number of rotatable bonds is 5. The molecule has 0 bridgehead atoms. The number of hydrogen-bond donors (Lipinski definition) is 3. The number of guanidine groups is 1. The molecule has 4 N–H and O–H groups in total. The lowest BCUT2D eigenvalue weighted by Crippen LogP contribution is -2.44. The van der Waals surface area contributed by atoms with Gasteiger partial charge in [0.2, 0.25) is 10.0 Å². The summed E-state index contributed by atoms with van der Waals surface area (Å²) in [6, 6.07) is 10.0. The molecule has 2 aromatic rings. The molecule has 0 aliphatic carbocycles. The average molecular weight is 551 g/mol. The molecule has 0 saturated carbocycles. The Morgan fingerprint density at radius 3 is 2.40 bits per heavy atom. The molecule has 164 valence electrons. The van der Waals surface area contributed by atoms with Crippen LogP contribution >= 0.6 is 24.0 Å². The van der Waals surface area contributed by atoms with Gasteiger partial charge in [-0.1, -0.05) is 18.2 Å². The lowest BCUT2D eigenvalue weighted by Gasteiger charge is -2.21. The van der Waals surface area contributed by atoms with Crippen molar-refractivity contribution >= 4 is 45.6 Å². The summed E-state index contributed by atoms with van der Waals surface area (Å²) in [4.78, 5) is 5.90. The summed E-state index contributed by atoms with van der Waals surface area (Å²) in [5, 5.41) is 11.5. The van der Waals surface area contributed by atoms with E-state index in [9.17, 15) is 17.2 Å². The molecule has 1 fully saturated rings. The van der Waals surface area contributed by atoms with E-state index in [1.807, 2.05) is 0 Å². The van der Waals surface area contributed by atoms with Crippen molar-refractivity contribution < 1.29 is 17.2 Å². The number of sulfonamides is 1. The van der Waals surface area contributed by atoms with Crippen LogP contribution in [-0.2, 0) is 16.6 Å². The van der Waals surface area contributed by atoms with E-state index in [0.717, 1.165) is 5.56 Å². The van der Waals surface area contributed by atoms with Crippen LogP contribution in [0.25, 0.3) is 0 Å². The van der Waals surface area contributed by atoms with Crippen molar-refractivity contribution in [2.24, 2.45) is 10.1 Å². The van der Waals surface area contributed by atoms with Crippen LogP contribution in [0.4, 0.5) is 14.5 Å². The molecule has 7 nitrogen and oxygen atoms in total. The maximum absolute atomic E-state index is 14.0. The summed E-state index contributed by atoms with van der Waals surface area (Å²) in [5.74, 6) is -0.603. The van der Waals surface area contributed by atoms with Gasteiger partial charge < -0.3 is 15.5 Å². The molecule has 1 aliphatic rings. The Balaban J connectivity index is 0.00000320. The van der Waals surface area contributed by atoms with Crippen molar-refractivity contribution in [3.63, 3.8) is 0 Å². The molecule has 1 aliphatic heterocycles. The second-order valence-electron chi connectivity index (χ2n) is 6.76. The van der Waals surface area contributed by atoms with Crippen molar-refractivity contribution in [3.8, 4) is 0 Å². The molecule has 0 spiro atoms. The largest absolute Gasteiger partial charge is 0.365 e. The fourth-order valence-electron chi connectivity index (χ4n) is 3.24. The van der Waals surface area contributed by atoms with Gasteiger partial charge in [-0.25, -0.2) is 22.3 Å². The summed E-state index contributed by atoms with van der Waals surface area (Å²) < 4.78 is 50.6. The van der Waals surface area contributed by atoms with Gasteiger partial charge in [-0.15, -0.1) is 24.0 Å². The molecule has 1 atom stereocenters. The second-order valence-corrected chi connectivity index (χ2v) is 8.32. The molecule has 0 radical (unpaired) electrons. The molecule has 1 saturated heterocycles. The number of nitrogens with zero attached hydrogens (tertiary/aromatic N) is 2. The van der Waals surface area contributed by atoms with Gasteiger partial charge in [-0.3, -0.25) is 4.99 Å². The van der Waals surface area contributed by atoms with Crippen molar-refractivity contribution in [3.05, 3.63) is 59.7 Å². The van der Waals surface area contributed by atoms with Crippen LogP contribution in [0.3, 0.4) is 0 Å². The highest BCUT2D eigenvalue weighted by atomic mass is 127. The van der Waals surface area contributed by atoms with Gasteiger partial charge in [0.15, 0.2) is 5.96 Å². The molecule has 11 heteroatoms. The summed E-state index contributed by atoms with van der Waals surface area (Å²) in [5.41, 5.74) is 0.844. The Morgan fingerprint density at radius 1 is 1.20 bits per heavy atom. The quantitative estimate of drug-likeness (QED) is 0.301. The summed E-state index contributed by atoms with van der Waals surface area (Å²) in [7, 11) is -2.09. The van der Waals surface area contributed by atoms with Crippen LogP contribution in [0.1, 0.15) is 12.0 Å². The van der Waals surface area contributed by atoms with Gasteiger partial charge in [0.1, 0.15) is 17.3 Å². The maximum Gasteiger partial charge on any atom is 0.238 e. The first-order chi connectivity index (χ1) is 13.8. The lowest BCUT2D eigenvalue weighted by molar-refractivity contribution is 0.575. The predicted octanol–water partition coefficient (Wildman–Crippen LogP) is 2.17. The van der Waals surface area contributed by atoms with Gasteiger partial charge in [-0.2, -0.15) is 0 Å². The number of nitrogens with one attached hydrogen (secondary N) is 2. The third-order valence-electron chi connectivity index (χ3n) is 4.72. The third-order valence-corrected chi connectivity index (χ3v) is 5.65. The smallest absolute Gasteiger partial charge is 0.238 e. The Hall–Kier alpha value is -1.99. The number of primary sulfonamides is 1. The van der Waals surface area contributed by atoms with E-state index in [1.165, 1.54) is 30.3 Å². The van der Waals surface area contributed by atoms with Crippen molar-refractivity contribution in [2.45, 2.75) is 23.9 Å². The predicted molar refractivity (Wildman–Crippen MR) is 124 cm³/mol. The molecule has 1 heterocycles. The van der Waals surface area contributed by atoms with E-state index >= 15 is 0 Å². The maximum atomic E-state index is 14.0. The highest BCUT2D eigenvalue weighted by Crippen LogP contribution is 2.26. The Morgan fingerprint density at radius 2 is 1.83 bits per heavy atom. The van der Waals surface area contributed by atoms with Gasteiger partial charge >= 0.3 is 0 Å². The number of nitrogens with two attached hydrogens (primary N) is 1. The minimum absolute atomic E-state index is 0. The van der Waals surface area contributed by atoms with Gasteiger partial charge in [0.25, 0.3) is 0 Å². The zero-order valence-corrected chi connectivity index (χ0v) is 19.5. The van der Waals surface area contributed by atoms with Crippen LogP contribution in [0, 0.1) is 11.6 Å². The second kappa shape index (κ2) is 10.4.